The first-order valence-electron chi connectivity index (χ1n) is 11.1. The van der Waals surface area contributed by atoms with Crippen LogP contribution in [0.1, 0.15) is 24.8 Å². The third kappa shape index (κ3) is 8.27. The zero-order valence-electron chi connectivity index (χ0n) is 17.9. The summed E-state index contributed by atoms with van der Waals surface area (Å²) in [5.74, 6) is 4.44. The first-order valence-corrected chi connectivity index (χ1v) is 12.3. The van der Waals surface area contributed by atoms with Gasteiger partial charge in [-0.15, -0.1) is 0 Å². The second-order valence-corrected chi connectivity index (χ2v) is 9.47. The Morgan fingerprint density at radius 1 is 1.07 bits per heavy atom. The van der Waals surface area contributed by atoms with E-state index in [4.69, 9.17) is 28.4 Å². The average Bonchev–Trinajstić information content (AvgIpc) is 3.62. The molecule has 0 bridgehead atoms. The van der Waals surface area contributed by atoms with Crippen molar-refractivity contribution >= 4 is 11.8 Å². The predicted molar refractivity (Wildman–Crippen MR) is 117 cm³/mol. The molecular formula is C23H34O6S. The summed E-state index contributed by atoms with van der Waals surface area (Å²) in [5.41, 5.74) is 1.27. The number of aryl methyl sites for hydroxylation is 1. The lowest BCUT2D eigenvalue weighted by atomic mass is 10.1. The van der Waals surface area contributed by atoms with Crippen LogP contribution in [0.15, 0.2) is 18.2 Å². The van der Waals surface area contributed by atoms with Crippen molar-refractivity contribution in [1.29, 1.82) is 0 Å². The maximum absolute atomic E-state index is 6.01. The molecule has 6 nitrogen and oxygen atoms in total. The van der Waals surface area contributed by atoms with Gasteiger partial charge in [0.1, 0.15) is 18.8 Å². The highest BCUT2D eigenvalue weighted by molar-refractivity contribution is 7.99. The molecule has 2 saturated heterocycles. The molecule has 30 heavy (non-hydrogen) atoms. The van der Waals surface area contributed by atoms with Crippen LogP contribution in [0.5, 0.6) is 11.5 Å². The van der Waals surface area contributed by atoms with E-state index in [0.717, 1.165) is 61.6 Å². The number of hydrogen-bond acceptors (Lipinski definition) is 7. The predicted octanol–water partition coefficient (Wildman–Crippen LogP) is 3.35. The van der Waals surface area contributed by atoms with Gasteiger partial charge in [0.15, 0.2) is 11.5 Å². The minimum Gasteiger partial charge on any atom is -0.493 e. The van der Waals surface area contributed by atoms with Crippen LogP contribution < -0.4 is 9.47 Å². The molecule has 3 unspecified atom stereocenters. The molecule has 1 saturated carbocycles. The molecule has 2 aliphatic heterocycles. The first kappa shape index (κ1) is 22.2. The summed E-state index contributed by atoms with van der Waals surface area (Å²) in [6.07, 6.45) is 5.48. The van der Waals surface area contributed by atoms with Gasteiger partial charge < -0.3 is 28.4 Å². The van der Waals surface area contributed by atoms with Crippen molar-refractivity contribution in [2.45, 2.75) is 44.0 Å². The largest absolute Gasteiger partial charge is 0.493 e. The van der Waals surface area contributed by atoms with Crippen LogP contribution in [0.3, 0.4) is 0 Å². The summed E-state index contributed by atoms with van der Waals surface area (Å²) in [5, 5.41) is 0. The SMILES string of the molecule is COc1ccc(CCCSCC(COCC2CC2)OCC2CO2)cc1OCC1CO1. The van der Waals surface area contributed by atoms with E-state index in [1.165, 1.54) is 18.4 Å². The lowest BCUT2D eigenvalue weighted by molar-refractivity contribution is -0.0116. The van der Waals surface area contributed by atoms with Crippen molar-refractivity contribution in [2.24, 2.45) is 5.92 Å². The van der Waals surface area contributed by atoms with Crippen molar-refractivity contribution < 1.29 is 28.4 Å². The second-order valence-electron chi connectivity index (χ2n) is 8.32. The highest BCUT2D eigenvalue weighted by atomic mass is 32.2. The van der Waals surface area contributed by atoms with E-state index in [0.29, 0.717) is 25.9 Å². The molecule has 168 valence electrons. The van der Waals surface area contributed by atoms with Crippen LogP contribution in [0.25, 0.3) is 0 Å². The summed E-state index contributed by atoms with van der Waals surface area (Å²) < 4.78 is 33.6. The van der Waals surface area contributed by atoms with Gasteiger partial charge >= 0.3 is 0 Å². The smallest absolute Gasteiger partial charge is 0.161 e. The van der Waals surface area contributed by atoms with Gasteiger partial charge in [0.05, 0.1) is 39.6 Å². The van der Waals surface area contributed by atoms with Gasteiger partial charge in [-0.2, -0.15) is 11.8 Å². The van der Waals surface area contributed by atoms with Crippen LogP contribution >= 0.6 is 11.8 Å². The molecule has 0 spiro atoms. The number of ether oxygens (including phenoxy) is 6. The highest BCUT2D eigenvalue weighted by Crippen LogP contribution is 2.30. The molecule has 1 aliphatic carbocycles. The molecule has 1 aromatic rings. The molecule has 3 fully saturated rings. The Bertz CT molecular complexity index is 645. The highest BCUT2D eigenvalue weighted by Gasteiger charge is 2.26. The molecule has 0 radical (unpaired) electrons. The van der Waals surface area contributed by atoms with Crippen molar-refractivity contribution in [3.8, 4) is 11.5 Å². The molecule has 1 aromatic carbocycles. The molecule has 2 heterocycles. The fraction of sp³-hybridized carbons (Fsp3) is 0.739. The van der Waals surface area contributed by atoms with Crippen LogP contribution in [0, 0.1) is 5.92 Å². The molecule has 0 amide bonds. The average molecular weight is 439 g/mol. The zero-order chi connectivity index (χ0) is 20.6. The quantitative estimate of drug-likeness (QED) is 0.273. The van der Waals surface area contributed by atoms with Crippen molar-refractivity contribution in [3.63, 3.8) is 0 Å². The lowest BCUT2D eigenvalue weighted by Gasteiger charge is -2.17. The molecule has 3 aliphatic rings. The monoisotopic (exact) mass is 438 g/mol. The maximum Gasteiger partial charge on any atom is 0.161 e. The summed E-state index contributed by atoms with van der Waals surface area (Å²) in [4.78, 5) is 0. The van der Waals surface area contributed by atoms with Crippen molar-refractivity contribution in [2.75, 3.05) is 58.3 Å². The number of methoxy groups -OCH3 is 1. The van der Waals surface area contributed by atoms with E-state index >= 15 is 0 Å². The number of benzene rings is 1. The van der Waals surface area contributed by atoms with E-state index in [1.54, 1.807) is 7.11 Å². The number of thioether (sulfide) groups is 1. The zero-order valence-corrected chi connectivity index (χ0v) is 18.7. The van der Waals surface area contributed by atoms with Gasteiger partial charge in [0.2, 0.25) is 0 Å². The lowest BCUT2D eigenvalue weighted by Crippen LogP contribution is -2.25. The number of rotatable bonds is 17. The Hall–Kier alpha value is -0.990. The molecule has 0 aromatic heterocycles. The van der Waals surface area contributed by atoms with Gasteiger partial charge in [-0.3, -0.25) is 0 Å². The van der Waals surface area contributed by atoms with Gasteiger partial charge in [-0.05, 0) is 55.1 Å². The topological polar surface area (TPSA) is 62.0 Å². The van der Waals surface area contributed by atoms with Crippen molar-refractivity contribution in [1.82, 2.24) is 0 Å². The Morgan fingerprint density at radius 3 is 2.60 bits per heavy atom. The Kier molecular flexibility index (Phi) is 8.57. The van der Waals surface area contributed by atoms with Gasteiger partial charge in [-0.1, -0.05) is 6.07 Å². The Balaban J connectivity index is 1.13. The molecule has 7 heteroatoms. The van der Waals surface area contributed by atoms with E-state index < -0.39 is 0 Å². The fourth-order valence-corrected chi connectivity index (χ4v) is 4.10. The van der Waals surface area contributed by atoms with Crippen LogP contribution in [0.2, 0.25) is 0 Å². The minimum absolute atomic E-state index is 0.156. The summed E-state index contributed by atoms with van der Waals surface area (Å²) in [7, 11) is 1.67. The fourth-order valence-electron chi connectivity index (χ4n) is 3.13. The van der Waals surface area contributed by atoms with E-state index in [9.17, 15) is 0 Å². The standard InChI is InChI=1S/C23H34O6S/c1-24-22-7-6-17(9-23(22)29-15-20-13-27-20)3-2-8-30-16-21(28-14-19-12-26-19)11-25-10-18-4-5-18/h6-7,9,18-21H,2-5,8,10-16H2,1H3. The second kappa shape index (κ2) is 11.6. The third-order valence-corrected chi connectivity index (χ3v) is 6.57. The minimum atomic E-state index is 0.156. The van der Waals surface area contributed by atoms with Crippen LogP contribution in [-0.2, 0) is 25.4 Å². The molecule has 4 rings (SSSR count). The Morgan fingerprint density at radius 2 is 1.87 bits per heavy atom. The first-order chi connectivity index (χ1) is 14.8. The number of epoxide rings is 2. The van der Waals surface area contributed by atoms with Gasteiger partial charge in [0.25, 0.3) is 0 Å². The maximum atomic E-state index is 6.01. The summed E-state index contributed by atoms with van der Waals surface area (Å²) >= 11 is 1.94. The van der Waals surface area contributed by atoms with Crippen molar-refractivity contribution in [3.05, 3.63) is 23.8 Å². The van der Waals surface area contributed by atoms with Gasteiger partial charge in [-0.25, -0.2) is 0 Å². The van der Waals surface area contributed by atoms with Crippen LogP contribution in [0.4, 0.5) is 0 Å². The normalized spacial score (nSPS) is 23.2. The van der Waals surface area contributed by atoms with E-state index in [-0.39, 0.29) is 12.2 Å². The van der Waals surface area contributed by atoms with Crippen LogP contribution in [-0.4, -0.2) is 76.6 Å². The molecule has 0 N–H and O–H groups in total. The van der Waals surface area contributed by atoms with E-state index in [2.05, 4.69) is 12.1 Å². The Labute approximate surface area is 183 Å². The molecule has 3 atom stereocenters. The van der Waals surface area contributed by atoms with E-state index in [1.807, 2.05) is 17.8 Å². The number of hydrogen-bond donors (Lipinski definition) is 0. The third-order valence-electron chi connectivity index (χ3n) is 5.39. The van der Waals surface area contributed by atoms with Gasteiger partial charge in [0, 0.05) is 12.4 Å². The molecular weight excluding hydrogens is 404 g/mol. The summed E-state index contributed by atoms with van der Waals surface area (Å²) in [6.45, 7) is 4.50. The summed E-state index contributed by atoms with van der Waals surface area (Å²) in [6, 6.07) is 6.21.